The summed E-state index contributed by atoms with van der Waals surface area (Å²) < 4.78 is 0. The van der Waals surface area contributed by atoms with Gasteiger partial charge in [-0.1, -0.05) is 6.07 Å². The van der Waals surface area contributed by atoms with Crippen molar-refractivity contribution in [3.05, 3.63) is 42.2 Å². The summed E-state index contributed by atoms with van der Waals surface area (Å²) >= 11 is 0. The van der Waals surface area contributed by atoms with E-state index in [9.17, 15) is 9.59 Å². The fourth-order valence-corrected chi connectivity index (χ4v) is 3.06. The number of anilines is 2. The SMILES string of the molecule is CC(=O)N(C)c1cccc(NC(=O)N2CCC(c3ccn[nH]3)CC2)c1. The molecule has 0 aliphatic carbocycles. The number of hydrogen-bond acceptors (Lipinski definition) is 3. The van der Waals surface area contributed by atoms with Gasteiger partial charge in [-0.25, -0.2) is 4.79 Å². The number of aromatic nitrogens is 2. The van der Waals surface area contributed by atoms with Gasteiger partial charge in [0.05, 0.1) is 0 Å². The molecule has 25 heavy (non-hydrogen) atoms. The summed E-state index contributed by atoms with van der Waals surface area (Å²) in [7, 11) is 1.71. The summed E-state index contributed by atoms with van der Waals surface area (Å²) in [6, 6.07) is 9.19. The smallest absolute Gasteiger partial charge is 0.321 e. The number of carbonyl (C=O) groups excluding carboxylic acids is 2. The summed E-state index contributed by atoms with van der Waals surface area (Å²) in [5.41, 5.74) is 2.58. The van der Waals surface area contributed by atoms with E-state index in [1.165, 1.54) is 6.92 Å². The topological polar surface area (TPSA) is 81.3 Å². The molecule has 0 saturated carbocycles. The van der Waals surface area contributed by atoms with Crippen LogP contribution in [0.3, 0.4) is 0 Å². The Hall–Kier alpha value is -2.83. The summed E-state index contributed by atoms with van der Waals surface area (Å²) in [6.07, 6.45) is 3.60. The Morgan fingerprint density at radius 3 is 2.68 bits per heavy atom. The van der Waals surface area contributed by atoms with E-state index in [0.717, 1.165) is 24.2 Å². The molecule has 2 N–H and O–H groups in total. The maximum Gasteiger partial charge on any atom is 0.321 e. The van der Waals surface area contributed by atoms with E-state index in [4.69, 9.17) is 0 Å². The Morgan fingerprint density at radius 2 is 2.04 bits per heavy atom. The van der Waals surface area contributed by atoms with E-state index in [1.807, 2.05) is 29.2 Å². The van der Waals surface area contributed by atoms with Crippen molar-refractivity contribution in [2.24, 2.45) is 0 Å². The fraction of sp³-hybridized carbons (Fsp3) is 0.389. The first-order chi connectivity index (χ1) is 12.0. The summed E-state index contributed by atoms with van der Waals surface area (Å²) in [4.78, 5) is 27.3. The third kappa shape index (κ3) is 3.99. The minimum Gasteiger partial charge on any atom is -0.324 e. The highest BCUT2D eigenvalue weighted by molar-refractivity contribution is 5.93. The van der Waals surface area contributed by atoms with E-state index in [2.05, 4.69) is 15.5 Å². The first-order valence-electron chi connectivity index (χ1n) is 8.44. The molecule has 1 aromatic carbocycles. The maximum absolute atomic E-state index is 12.5. The maximum atomic E-state index is 12.5. The van der Waals surface area contributed by atoms with Crippen molar-refractivity contribution < 1.29 is 9.59 Å². The zero-order chi connectivity index (χ0) is 17.8. The van der Waals surface area contributed by atoms with E-state index < -0.39 is 0 Å². The molecule has 1 fully saturated rings. The molecule has 3 amide bonds. The molecular formula is C18H23N5O2. The second-order valence-electron chi connectivity index (χ2n) is 6.33. The van der Waals surface area contributed by atoms with E-state index in [1.54, 1.807) is 24.2 Å². The van der Waals surface area contributed by atoms with Gasteiger partial charge in [0.15, 0.2) is 0 Å². The van der Waals surface area contributed by atoms with Crippen molar-refractivity contribution in [3.8, 4) is 0 Å². The number of likely N-dealkylation sites (tertiary alicyclic amines) is 1. The number of rotatable bonds is 3. The van der Waals surface area contributed by atoms with Gasteiger partial charge in [-0.3, -0.25) is 9.89 Å². The minimum atomic E-state index is -0.106. The van der Waals surface area contributed by atoms with Crippen LogP contribution in [0, 0.1) is 0 Å². The summed E-state index contributed by atoms with van der Waals surface area (Å²) in [6.45, 7) is 2.93. The second-order valence-corrected chi connectivity index (χ2v) is 6.33. The van der Waals surface area contributed by atoms with Gasteiger partial charge in [-0.15, -0.1) is 0 Å². The quantitative estimate of drug-likeness (QED) is 0.901. The third-order valence-electron chi connectivity index (χ3n) is 4.70. The van der Waals surface area contributed by atoms with Crippen LogP contribution in [0.1, 0.15) is 31.4 Å². The van der Waals surface area contributed by atoms with Gasteiger partial charge in [0.1, 0.15) is 0 Å². The van der Waals surface area contributed by atoms with Crippen LogP contribution >= 0.6 is 0 Å². The monoisotopic (exact) mass is 341 g/mol. The normalized spacial score (nSPS) is 15.0. The van der Waals surface area contributed by atoms with Gasteiger partial charge in [0, 0.05) is 56.2 Å². The zero-order valence-electron chi connectivity index (χ0n) is 14.5. The Kier molecular flexibility index (Phi) is 5.02. The first-order valence-corrected chi connectivity index (χ1v) is 8.44. The Labute approximate surface area is 147 Å². The van der Waals surface area contributed by atoms with Gasteiger partial charge < -0.3 is 15.1 Å². The molecule has 132 valence electrons. The van der Waals surface area contributed by atoms with Gasteiger partial charge in [-0.2, -0.15) is 5.10 Å². The predicted molar refractivity (Wildman–Crippen MR) is 96.7 cm³/mol. The van der Waals surface area contributed by atoms with Crippen LogP contribution in [0.5, 0.6) is 0 Å². The number of aromatic amines is 1. The number of benzene rings is 1. The van der Waals surface area contributed by atoms with Crippen LogP contribution in [0.25, 0.3) is 0 Å². The highest BCUT2D eigenvalue weighted by Gasteiger charge is 2.24. The lowest BCUT2D eigenvalue weighted by Gasteiger charge is -2.31. The van der Waals surface area contributed by atoms with Crippen LogP contribution < -0.4 is 10.2 Å². The lowest BCUT2D eigenvalue weighted by molar-refractivity contribution is -0.116. The van der Waals surface area contributed by atoms with Crippen molar-refractivity contribution in [1.82, 2.24) is 15.1 Å². The molecule has 1 aromatic heterocycles. The molecule has 1 saturated heterocycles. The zero-order valence-corrected chi connectivity index (χ0v) is 14.5. The molecule has 7 heteroatoms. The largest absolute Gasteiger partial charge is 0.324 e. The van der Waals surface area contributed by atoms with Gasteiger partial charge in [0.2, 0.25) is 5.91 Å². The van der Waals surface area contributed by atoms with E-state index >= 15 is 0 Å². The molecule has 2 aromatic rings. The van der Waals surface area contributed by atoms with Gasteiger partial charge in [0.25, 0.3) is 0 Å². The molecule has 1 aliphatic heterocycles. The molecule has 0 radical (unpaired) electrons. The van der Waals surface area contributed by atoms with Gasteiger partial charge in [-0.05, 0) is 37.1 Å². The Balaban J connectivity index is 1.58. The number of piperidine rings is 1. The van der Waals surface area contributed by atoms with Gasteiger partial charge >= 0.3 is 6.03 Å². The van der Waals surface area contributed by atoms with Crippen LogP contribution in [-0.4, -0.2) is 47.2 Å². The average Bonchev–Trinajstić information content (AvgIpc) is 3.16. The van der Waals surface area contributed by atoms with Crippen molar-refractivity contribution in [2.45, 2.75) is 25.7 Å². The summed E-state index contributed by atoms with van der Waals surface area (Å²) in [5, 5.41) is 9.94. The number of nitrogens with zero attached hydrogens (tertiary/aromatic N) is 3. The first kappa shape index (κ1) is 17.0. The van der Waals surface area contributed by atoms with Crippen LogP contribution in [-0.2, 0) is 4.79 Å². The molecule has 2 heterocycles. The number of hydrogen-bond donors (Lipinski definition) is 2. The van der Waals surface area contributed by atoms with Crippen LogP contribution in [0.2, 0.25) is 0 Å². The Morgan fingerprint density at radius 1 is 1.28 bits per heavy atom. The lowest BCUT2D eigenvalue weighted by atomic mass is 9.94. The molecule has 3 rings (SSSR count). The van der Waals surface area contributed by atoms with E-state index in [0.29, 0.717) is 24.7 Å². The molecular weight excluding hydrogens is 318 g/mol. The van der Waals surface area contributed by atoms with Crippen molar-refractivity contribution >= 4 is 23.3 Å². The van der Waals surface area contributed by atoms with Crippen LogP contribution in [0.15, 0.2) is 36.5 Å². The number of amides is 3. The van der Waals surface area contributed by atoms with Crippen molar-refractivity contribution in [2.75, 3.05) is 30.4 Å². The number of nitrogens with one attached hydrogen (secondary N) is 2. The fourth-order valence-electron chi connectivity index (χ4n) is 3.06. The minimum absolute atomic E-state index is 0.0515. The number of H-pyrrole nitrogens is 1. The number of carbonyl (C=O) groups is 2. The van der Waals surface area contributed by atoms with Crippen molar-refractivity contribution in [1.29, 1.82) is 0 Å². The lowest BCUT2D eigenvalue weighted by Crippen LogP contribution is -2.40. The van der Waals surface area contributed by atoms with E-state index in [-0.39, 0.29) is 11.9 Å². The molecule has 1 aliphatic rings. The highest BCUT2D eigenvalue weighted by Crippen LogP contribution is 2.27. The number of urea groups is 1. The molecule has 0 unspecified atom stereocenters. The predicted octanol–water partition coefficient (Wildman–Crippen LogP) is 2.80. The molecule has 0 spiro atoms. The summed E-state index contributed by atoms with van der Waals surface area (Å²) in [5.74, 6) is 0.378. The third-order valence-corrected chi connectivity index (χ3v) is 4.70. The average molecular weight is 341 g/mol. The molecule has 0 atom stereocenters. The molecule has 0 bridgehead atoms. The Bertz CT molecular complexity index is 736. The molecule has 7 nitrogen and oxygen atoms in total. The van der Waals surface area contributed by atoms with Crippen molar-refractivity contribution in [3.63, 3.8) is 0 Å². The van der Waals surface area contributed by atoms with Crippen LogP contribution in [0.4, 0.5) is 16.2 Å². The second kappa shape index (κ2) is 7.38. The highest BCUT2D eigenvalue weighted by atomic mass is 16.2. The standard InChI is InChI=1S/C18H23N5O2/c1-13(24)22(2)16-5-3-4-15(12-16)20-18(25)23-10-7-14(8-11-23)17-6-9-19-21-17/h3-6,9,12,14H,7-8,10-11H2,1-2H3,(H,19,21)(H,20,25).